The fraction of sp³-hybridized carbons (Fsp3) is 0.154. The van der Waals surface area contributed by atoms with E-state index in [-0.39, 0.29) is 18.2 Å². The highest BCUT2D eigenvalue weighted by molar-refractivity contribution is 6.01. The number of halogens is 2. The van der Waals surface area contributed by atoms with Crippen LogP contribution < -0.4 is 10.3 Å². The molecule has 1 saturated heterocycles. The van der Waals surface area contributed by atoms with Crippen LogP contribution in [0.4, 0.5) is 8.78 Å². The molecule has 2 aliphatic heterocycles. The Balaban J connectivity index is 1.49. The van der Waals surface area contributed by atoms with E-state index in [1.807, 2.05) is 30.3 Å². The molecule has 1 atom stereocenters. The van der Waals surface area contributed by atoms with Crippen molar-refractivity contribution in [3.05, 3.63) is 113 Å². The molecule has 5 rings (SSSR count). The molecule has 3 aromatic carbocycles. The third-order valence-electron chi connectivity index (χ3n) is 5.92. The molecule has 7 heteroatoms. The van der Waals surface area contributed by atoms with E-state index >= 15 is 0 Å². The lowest BCUT2D eigenvalue weighted by atomic mass is 10.0. The van der Waals surface area contributed by atoms with Crippen molar-refractivity contribution < 1.29 is 23.7 Å². The van der Waals surface area contributed by atoms with Gasteiger partial charge in [-0.2, -0.15) is 0 Å². The lowest BCUT2D eigenvalue weighted by Crippen LogP contribution is -2.76. The zero-order chi connectivity index (χ0) is 22.9. The van der Waals surface area contributed by atoms with Crippen LogP contribution in [0.1, 0.15) is 16.7 Å². The van der Waals surface area contributed by atoms with E-state index in [2.05, 4.69) is 10.3 Å². The maximum absolute atomic E-state index is 13.9. The Hall–Kier alpha value is -4.00. The normalized spacial score (nSPS) is 17.6. The third-order valence-corrected chi connectivity index (χ3v) is 5.92. The Labute approximate surface area is 189 Å². The van der Waals surface area contributed by atoms with Gasteiger partial charge >= 0.3 is 0 Å². The number of carbonyl (C=O) groups is 1. The number of amides is 1. The number of fused-ring (bicyclic) bond motifs is 1. The van der Waals surface area contributed by atoms with Crippen molar-refractivity contribution >= 4 is 11.6 Å². The summed E-state index contributed by atoms with van der Waals surface area (Å²) >= 11 is 0. The zero-order valence-corrected chi connectivity index (χ0v) is 17.7. The highest BCUT2D eigenvalue weighted by Crippen LogP contribution is 2.23. The number of nitrogens with zero attached hydrogens (tertiary/aromatic N) is 1. The summed E-state index contributed by atoms with van der Waals surface area (Å²) in [7, 11) is 0. The number of allylic oxidation sites excluding steroid dienone is 1. The van der Waals surface area contributed by atoms with Gasteiger partial charge in [-0.25, -0.2) is 13.8 Å². The number of rotatable bonds is 5. The minimum Gasteiger partial charge on any atom is -0.508 e. The number of phenolic OH excluding ortho intramolecular Hbond substituents is 1. The molecule has 1 amide bonds. The molecule has 0 radical (unpaired) electrons. The summed E-state index contributed by atoms with van der Waals surface area (Å²) in [5, 5.41) is 12.9. The van der Waals surface area contributed by atoms with Crippen LogP contribution in [-0.4, -0.2) is 34.2 Å². The molecule has 0 saturated carbocycles. The number of phenols is 1. The van der Waals surface area contributed by atoms with Crippen LogP contribution in [0.25, 0.3) is 0 Å². The first-order chi connectivity index (χ1) is 16.0. The summed E-state index contributed by atoms with van der Waals surface area (Å²) in [6, 6.07) is 19.9. The summed E-state index contributed by atoms with van der Waals surface area (Å²) in [6.07, 6.45) is 0.990. The summed E-state index contributed by atoms with van der Waals surface area (Å²) in [4.78, 5) is 18.3. The summed E-state index contributed by atoms with van der Waals surface area (Å²) in [5.41, 5.74) is 3.88. The van der Waals surface area contributed by atoms with Gasteiger partial charge in [0.25, 0.3) is 5.91 Å². The highest BCUT2D eigenvalue weighted by atomic mass is 19.2. The van der Waals surface area contributed by atoms with Crippen LogP contribution in [0.3, 0.4) is 0 Å². The predicted molar refractivity (Wildman–Crippen MR) is 119 cm³/mol. The van der Waals surface area contributed by atoms with Crippen LogP contribution in [-0.2, 0) is 17.6 Å². The molecular formula is C26H22F2N3O2+. The summed E-state index contributed by atoms with van der Waals surface area (Å²) in [6.45, 7) is 0.219. The first kappa shape index (κ1) is 20.9. The van der Waals surface area contributed by atoms with E-state index in [9.17, 15) is 18.7 Å². The average molecular weight is 446 g/mol. The van der Waals surface area contributed by atoms with Gasteiger partial charge in [-0.1, -0.05) is 42.5 Å². The molecule has 3 aromatic rings. The second-order valence-electron chi connectivity index (χ2n) is 8.21. The van der Waals surface area contributed by atoms with Gasteiger partial charge < -0.3 is 10.4 Å². The molecular weight excluding hydrogens is 424 g/mol. The molecule has 0 bridgehead atoms. The number of hydrogen-bond donors (Lipinski definition) is 3. The first-order valence-corrected chi connectivity index (χ1v) is 10.7. The van der Waals surface area contributed by atoms with Crippen molar-refractivity contribution in [3.8, 4) is 5.75 Å². The molecule has 2 heterocycles. The van der Waals surface area contributed by atoms with Gasteiger partial charge in [0.15, 0.2) is 17.5 Å². The zero-order valence-electron chi connectivity index (χ0n) is 17.7. The summed E-state index contributed by atoms with van der Waals surface area (Å²) in [5.74, 6) is -1.07. The number of aromatic hydroxyl groups is 1. The largest absolute Gasteiger partial charge is 0.508 e. The molecule has 1 unspecified atom stereocenters. The summed E-state index contributed by atoms with van der Waals surface area (Å²) < 4.78 is 27.4. The molecule has 5 nitrogen and oxygen atoms in total. The van der Waals surface area contributed by atoms with Crippen LogP contribution in [0, 0.1) is 11.6 Å². The lowest BCUT2D eigenvalue weighted by molar-refractivity contribution is -0.406. The van der Waals surface area contributed by atoms with Gasteiger partial charge in [0, 0.05) is 12.0 Å². The van der Waals surface area contributed by atoms with Crippen molar-refractivity contribution in [2.75, 3.05) is 6.54 Å². The lowest BCUT2D eigenvalue weighted by Gasteiger charge is -2.20. The van der Waals surface area contributed by atoms with Crippen LogP contribution >= 0.6 is 0 Å². The van der Waals surface area contributed by atoms with Gasteiger partial charge in [0.05, 0.1) is 6.42 Å². The molecule has 33 heavy (non-hydrogen) atoms. The molecule has 0 spiro atoms. The Morgan fingerprint density at radius 3 is 2.45 bits per heavy atom. The highest BCUT2D eigenvalue weighted by Gasteiger charge is 2.42. The smallest absolute Gasteiger partial charge is 0.251 e. The second-order valence-corrected chi connectivity index (χ2v) is 8.21. The number of benzene rings is 3. The van der Waals surface area contributed by atoms with Crippen molar-refractivity contribution in [3.63, 3.8) is 0 Å². The maximum Gasteiger partial charge on any atom is 0.251 e. The fourth-order valence-electron chi connectivity index (χ4n) is 4.23. The van der Waals surface area contributed by atoms with E-state index in [0.29, 0.717) is 29.9 Å². The minimum absolute atomic E-state index is 0.0924. The van der Waals surface area contributed by atoms with E-state index in [0.717, 1.165) is 29.0 Å². The van der Waals surface area contributed by atoms with E-state index < -0.39 is 17.7 Å². The van der Waals surface area contributed by atoms with Crippen molar-refractivity contribution in [2.24, 2.45) is 0 Å². The topological polar surface area (TPSA) is 66.5 Å². The van der Waals surface area contributed by atoms with Gasteiger partial charge in [-0.05, 0) is 41.5 Å². The Bertz CT molecular complexity index is 1270. The monoisotopic (exact) mass is 446 g/mol. The number of carbonyl (C=O) groups excluding carboxylic acids is 1. The standard InChI is InChI=1S/C26H21F2N3O2/c27-20-11-8-18(14-21(20)28)24-15-31-25(22(29-24)12-16-4-2-1-3-5-16)30-23(26(31)33)13-17-6-9-19(32)10-7-17/h1-11,14,23,30,32H,12-13,15H2/p+1. The molecule has 0 aromatic heterocycles. The van der Waals surface area contributed by atoms with Crippen molar-refractivity contribution in [1.29, 1.82) is 0 Å². The van der Waals surface area contributed by atoms with E-state index in [1.54, 1.807) is 29.2 Å². The van der Waals surface area contributed by atoms with Crippen LogP contribution in [0.5, 0.6) is 5.75 Å². The predicted octanol–water partition coefficient (Wildman–Crippen LogP) is 2.01. The van der Waals surface area contributed by atoms with Crippen LogP contribution in [0.15, 0.2) is 84.3 Å². The van der Waals surface area contributed by atoms with Crippen LogP contribution in [0.2, 0.25) is 0 Å². The molecule has 3 N–H and O–H groups in total. The molecule has 1 fully saturated rings. The number of nitrogens with one attached hydrogen (secondary N) is 2. The van der Waals surface area contributed by atoms with Crippen molar-refractivity contribution in [1.82, 2.24) is 10.2 Å². The molecule has 166 valence electrons. The maximum atomic E-state index is 13.9. The third kappa shape index (κ3) is 4.22. The van der Waals surface area contributed by atoms with Gasteiger partial charge in [-0.15, -0.1) is 0 Å². The first-order valence-electron chi connectivity index (χ1n) is 10.7. The Morgan fingerprint density at radius 2 is 1.73 bits per heavy atom. The van der Waals surface area contributed by atoms with Gasteiger partial charge in [0.2, 0.25) is 11.4 Å². The Morgan fingerprint density at radius 1 is 0.970 bits per heavy atom. The molecule has 0 aliphatic carbocycles. The SMILES string of the molecule is O=C1C(Cc2ccc(O)cc2)NC2=C(Cc3ccccc3)[NH+]=C(c3ccc(F)c(F)c3)CN12. The average Bonchev–Trinajstić information content (AvgIpc) is 3.13. The van der Waals surface area contributed by atoms with Crippen molar-refractivity contribution in [2.45, 2.75) is 18.9 Å². The van der Waals surface area contributed by atoms with Gasteiger partial charge in [0.1, 0.15) is 18.3 Å². The number of hydrogen-bond acceptors (Lipinski definition) is 3. The van der Waals surface area contributed by atoms with E-state index in [4.69, 9.17) is 0 Å². The minimum atomic E-state index is -0.933. The second kappa shape index (κ2) is 8.50. The quantitative estimate of drug-likeness (QED) is 0.562. The fourth-order valence-corrected chi connectivity index (χ4v) is 4.23. The Kier molecular flexibility index (Phi) is 5.38. The molecule has 2 aliphatic rings. The van der Waals surface area contributed by atoms with E-state index in [1.165, 1.54) is 6.07 Å². The van der Waals surface area contributed by atoms with Gasteiger partial charge in [-0.3, -0.25) is 9.69 Å².